The Bertz CT molecular complexity index is 790. The Morgan fingerprint density at radius 2 is 1.32 bits per heavy atom. The highest BCUT2D eigenvalue weighted by atomic mass is 16.5. The zero-order valence-corrected chi connectivity index (χ0v) is 9.92. The van der Waals surface area contributed by atoms with Crippen molar-refractivity contribution in [3.8, 4) is 11.5 Å². The quantitative estimate of drug-likeness (QED) is 0.574. The Balaban J connectivity index is 1.72. The molecule has 19 heavy (non-hydrogen) atoms. The van der Waals surface area contributed by atoms with E-state index in [1.54, 1.807) is 12.4 Å². The molecule has 4 aromatic rings. The van der Waals surface area contributed by atoms with Crippen molar-refractivity contribution in [3.05, 3.63) is 49.1 Å². The molecule has 0 atom stereocenters. The Kier molecular flexibility index (Phi) is 2.05. The summed E-state index contributed by atoms with van der Waals surface area (Å²) in [5.41, 5.74) is 1.71. The minimum absolute atomic E-state index is 0.698. The topological polar surface area (TPSA) is 66.6 Å². The molecular weight excluding hydrogens is 240 g/mol. The van der Waals surface area contributed by atoms with E-state index in [4.69, 9.17) is 4.74 Å². The van der Waals surface area contributed by atoms with E-state index < -0.39 is 0 Å². The molecule has 5 nitrogen and oxygen atoms in total. The summed E-state index contributed by atoms with van der Waals surface area (Å²) in [6.45, 7) is 0. The fourth-order valence-electron chi connectivity index (χ4n) is 2.09. The molecule has 0 aliphatic heterocycles. The number of aromatic amines is 2. The molecule has 0 fully saturated rings. The number of hydrogen-bond acceptors (Lipinski definition) is 3. The van der Waals surface area contributed by atoms with Gasteiger partial charge in [-0.1, -0.05) is 0 Å². The first kappa shape index (κ1) is 10.1. The van der Waals surface area contributed by atoms with Crippen LogP contribution in [0.4, 0.5) is 0 Å². The largest absolute Gasteiger partial charge is 0.454 e. The average molecular weight is 250 g/mol. The van der Waals surface area contributed by atoms with Crippen LogP contribution in [0.25, 0.3) is 22.1 Å². The van der Waals surface area contributed by atoms with Gasteiger partial charge in [-0.2, -0.15) is 0 Å². The second-order valence-corrected chi connectivity index (χ2v) is 4.28. The summed E-state index contributed by atoms with van der Waals surface area (Å²) < 4.78 is 5.78. The van der Waals surface area contributed by atoms with E-state index in [0.29, 0.717) is 11.5 Å². The summed E-state index contributed by atoms with van der Waals surface area (Å²) >= 11 is 0. The Morgan fingerprint density at radius 3 is 1.84 bits per heavy atom. The van der Waals surface area contributed by atoms with Crippen LogP contribution in [-0.2, 0) is 0 Å². The lowest BCUT2D eigenvalue weighted by Crippen LogP contribution is -1.87. The van der Waals surface area contributed by atoms with E-state index in [1.807, 2.05) is 36.7 Å². The van der Waals surface area contributed by atoms with Crippen LogP contribution in [0.2, 0.25) is 0 Å². The number of fused-ring (bicyclic) bond motifs is 2. The van der Waals surface area contributed by atoms with E-state index in [-0.39, 0.29) is 0 Å². The van der Waals surface area contributed by atoms with E-state index in [2.05, 4.69) is 19.9 Å². The van der Waals surface area contributed by atoms with Gasteiger partial charge in [-0.25, -0.2) is 9.97 Å². The molecular formula is C14H10N4O. The molecule has 0 amide bonds. The van der Waals surface area contributed by atoms with Crippen molar-refractivity contribution in [2.45, 2.75) is 0 Å². The number of ether oxygens (including phenoxy) is 1. The molecule has 0 saturated carbocycles. The van der Waals surface area contributed by atoms with Crippen molar-refractivity contribution in [1.82, 2.24) is 19.9 Å². The summed E-state index contributed by atoms with van der Waals surface area (Å²) in [4.78, 5) is 14.7. The SMILES string of the molecule is c1cc2cc(Oc3cnc4[nH]ccc4c3)cnc2[nH]1. The third kappa shape index (κ3) is 1.72. The van der Waals surface area contributed by atoms with Crippen molar-refractivity contribution in [2.24, 2.45) is 0 Å². The number of rotatable bonds is 2. The monoisotopic (exact) mass is 250 g/mol. The maximum Gasteiger partial charge on any atom is 0.146 e. The molecule has 0 saturated heterocycles. The molecule has 5 heteroatoms. The van der Waals surface area contributed by atoms with Crippen LogP contribution in [-0.4, -0.2) is 19.9 Å². The van der Waals surface area contributed by atoms with Crippen molar-refractivity contribution in [1.29, 1.82) is 0 Å². The number of aromatic nitrogens is 4. The molecule has 0 aliphatic carbocycles. The fraction of sp³-hybridized carbons (Fsp3) is 0. The van der Waals surface area contributed by atoms with Gasteiger partial charge in [-0.15, -0.1) is 0 Å². The van der Waals surface area contributed by atoms with Gasteiger partial charge in [0.25, 0.3) is 0 Å². The molecule has 92 valence electrons. The van der Waals surface area contributed by atoms with E-state index in [0.717, 1.165) is 22.1 Å². The van der Waals surface area contributed by atoms with Gasteiger partial charge in [0.15, 0.2) is 0 Å². The van der Waals surface area contributed by atoms with Gasteiger partial charge < -0.3 is 14.7 Å². The smallest absolute Gasteiger partial charge is 0.146 e. The van der Waals surface area contributed by atoms with Crippen LogP contribution in [0.3, 0.4) is 0 Å². The van der Waals surface area contributed by atoms with Gasteiger partial charge in [0.2, 0.25) is 0 Å². The van der Waals surface area contributed by atoms with Gasteiger partial charge in [-0.05, 0) is 24.3 Å². The third-order valence-electron chi connectivity index (χ3n) is 2.99. The first-order valence-electron chi connectivity index (χ1n) is 5.93. The van der Waals surface area contributed by atoms with E-state index >= 15 is 0 Å². The van der Waals surface area contributed by atoms with Crippen molar-refractivity contribution in [3.63, 3.8) is 0 Å². The van der Waals surface area contributed by atoms with Crippen LogP contribution < -0.4 is 4.74 Å². The Hall–Kier alpha value is -2.82. The molecule has 4 rings (SSSR count). The third-order valence-corrected chi connectivity index (χ3v) is 2.99. The lowest BCUT2D eigenvalue weighted by atomic mass is 10.3. The molecule has 0 aromatic carbocycles. The maximum atomic E-state index is 5.78. The minimum atomic E-state index is 0.698. The molecule has 4 heterocycles. The maximum absolute atomic E-state index is 5.78. The lowest BCUT2D eigenvalue weighted by Gasteiger charge is -2.04. The molecule has 2 N–H and O–H groups in total. The highest BCUT2D eigenvalue weighted by Crippen LogP contribution is 2.25. The average Bonchev–Trinajstić information content (AvgIpc) is 3.05. The van der Waals surface area contributed by atoms with Crippen LogP contribution in [0.1, 0.15) is 0 Å². The van der Waals surface area contributed by atoms with Crippen LogP contribution in [0, 0.1) is 0 Å². The first-order chi connectivity index (χ1) is 9.38. The molecule has 0 aliphatic rings. The molecule has 0 radical (unpaired) electrons. The summed E-state index contributed by atoms with van der Waals surface area (Å²) in [5.74, 6) is 1.40. The normalized spacial score (nSPS) is 11.2. The first-order valence-corrected chi connectivity index (χ1v) is 5.93. The van der Waals surface area contributed by atoms with Crippen LogP contribution in [0.15, 0.2) is 49.1 Å². The predicted octanol–water partition coefficient (Wildman–Crippen LogP) is 3.23. The summed E-state index contributed by atoms with van der Waals surface area (Å²) in [6.07, 6.45) is 7.10. The molecule has 0 spiro atoms. The van der Waals surface area contributed by atoms with E-state index in [9.17, 15) is 0 Å². The van der Waals surface area contributed by atoms with Gasteiger partial charge in [0.1, 0.15) is 22.8 Å². The fourth-order valence-corrected chi connectivity index (χ4v) is 2.09. The summed E-state index contributed by atoms with van der Waals surface area (Å²) in [7, 11) is 0. The van der Waals surface area contributed by atoms with Gasteiger partial charge >= 0.3 is 0 Å². The van der Waals surface area contributed by atoms with Crippen molar-refractivity contribution >= 4 is 22.1 Å². The number of pyridine rings is 2. The number of nitrogens with one attached hydrogen (secondary N) is 2. The number of nitrogens with zero attached hydrogens (tertiary/aromatic N) is 2. The minimum Gasteiger partial charge on any atom is -0.454 e. The van der Waals surface area contributed by atoms with Crippen molar-refractivity contribution in [2.75, 3.05) is 0 Å². The summed E-state index contributed by atoms with van der Waals surface area (Å²) in [6, 6.07) is 7.81. The van der Waals surface area contributed by atoms with Gasteiger partial charge in [0, 0.05) is 23.2 Å². The standard InChI is InChI=1S/C14H10N4O/c1-3-15-13-9(1)5-11(7-17-13)19-12-6-10-2-4-16-14(10)18-8-12/h1-8H,(H,15,17)(H,16,18). The second-order valence-electron chi connectivity index (χ2n) is 4.28. The predicted molar refractivity (Wildman–Crippen MR) is 72.3 cm³/mol. The van der Waals surface area contributed by atoms with Gasteiger partial charge in [-0.3, -0.25) is 0 Å². The zero-order chi connectivity index (χ0) is 12.7. The van der Waals surface area contributed by atoms with Crippen molar-refractivity contribution < 1.29 is 4.74 Å². The van der Waals surface area contributed by atoms with Gasteiger partial charge in [0.05, 0.1) is 12.4 Å². The summed E-state index contributed by atoms with van der Waals surface area (Å²) in [5, 5.41) is 2.04. The lowest BCUT2D eigenvalue weighted by molar-refractivity contribution is 0.480. The number of hydrogen-bond donors (Lipinski definition) is 2. The highest BCUT2D eigenvalue weighted by molar-refractivity contribution is 5.78. The van der Waals surface area contributed by atoms with E-state index in [1.165, 1.54) is 0 Å². The second kappa shape index (κ2) is 3.84. The number of H-pyrrole nitrogens is 2. The molecule has 0 unspecified atom stereocenters. The molecule has 0 bridgehead atoms. The van der Waals surface area contributed by atoms with Crippen LogP contribution in [0.5, 0.6) is 11.5 Å². The molecule has 4 aromatic heterocycles. The Morgan fingerprint density at radius 1 is 0.789 bits per heavy atom. The zero-order valence-electron chi connectivity index (χ0n) is 9.92. The Labute approximate surface area is 108 Å². The van der Waals surface area contributed by atoms with Crippen LogP contribution >= 0.6 is 0 Å². The highest BCUT2D eigenvalue weighted by Gasteiger charge is 2.03.